The second-order valence-corrected chi connectivity index (χ2v) is 5.48. The van der Waals surface area contributed by atoms with E-state index < -0.39 is 11.9 Å². The number of halogens is 1. The Morgan fingerprint density at radius 1 is 1.10 bits per heavy atom. The molecule has 2 aromatic rings. The first-order valence-electron chi connectivity index (χ1n) is 7.00. The summed E-state index contributed by atoms with van der Waals surface area (Å²) >= 11 is 0. The van der Waals surface area contributed by atoms with E-state index in [1.807, 2.05) is 20.8 Å². The minimum atomic E-state index is -0.865. The van der Waals surface area contributed by atoms with Gasteiger partial charge >= 0.3 is 0 Å². The van der Waals surface area contributed by atoms with Crippen molar-refractivity contribution in [3.63, 3.8) is 0 Å². The van der Waals surface area contributed by atoms with Gasteiger partial charge in [-0.2, -0.15) is 0 Å². The highest BCUT2D eigenvalue weighted by atomic mass is 19.1. The van der Waals surface area contributed by atoms with Gasteiger partial charge in [0.25, 0.3) is 0 Å². The Kier molecular flexibility index (Phi) is 4.63. The fourth-order valence-electron chi connectivity index (χ4n) is 2.74. The van der Waals surface area contributed by atoms with E-state index >= 15 is 0 Å². The molecule has 1 unspecified atom stereocenters. The van der Waals surface area contributed by atoms with E-state index in [2.05, 4.69) is 12.1 Å². The minimum absolute atomic E-state index is 0.301. The van der Waals surface area contributed by atoms with Gasteiger partial charge in [-0.3, -0.25) is 0 Å². The van der Waals surface area contributed by atoms with Crippen LogP contribution in [-0.2, 0) is 6.42 Å². The fraction of sp³-hybridized carbons (Fsp3) is 0.333. The van der Waals surface area contributed by atoms with Gasteiger partial charge in [-0.1, -0.05) is 17.7 Å². The third-order valence-electron chi connectivity index (χ3n) is 3.80. The van der Waals surface area contributed by atoms with Crippen LogP contribution in [0, 0.1) is 26.6 Å². The van der Waals surface area contributed by atoms with Crippen LogP contribution in [-0.4, -0.2) is 12.2 Å². The number of hydrogen-bond donors (Lipinski definition) is 1. The Hall–Kier alpha value is -1.87. The Balaban J connectivity index is 2.28. The quantitative estimate of drug-likeness (QED) is 0.920. The third-order valence-corrected chi connectivity index (χ3v) is 3.80. The Morgan fingerprint density at radius 2 is 1.71 bits per heavy atom. The van der Waals surface area contributed by atoms with Gasteiger partial charge in [0.05, 0.1) is 13.2 Å². The molecular formula is C18H21FO2. The molecule has 0 saturated heterocycles. The predicted octanol–water partition coefficient (Wildman–Crippen LogP) is 4.04. The first-order valence-corrected chi connectivity index (χ1v) is 7.00. The SMILES string of the molecule is COc1ccc(C(O)Cc2c(C)cc(C)cc2C)c(F)c1. The minimum Gasteiger partial charge on any atom is -0.497 e. The number of aliphatic hydroxyl groups excluding tert-OH is 1. The molecule has 0 radical (unpaired) electrons. The largest absolute Gasteiger partial charge is 0.497 e. The summed E-state index contributed by atoms with van der Waals surface area (Å²) in [4.78, 5) is 0. The molecule has 21 heavy (non-hydrogen) atoms. The lowest BCUT2D eigenvalue weighted by atomic mass is 9.93. The zero-order valence-electron chi connectivity index (χ0n) is 12.9. The molecule has 3 heteroatoms. The second kappa shape index (κ2) is 6.27. The van der Waals surface area contributed by atoms with Crippen molar-refractivity contribution in [2.45, 2.75) is 33.3 Å². The number of methoxy groups -OCH3 is 1. The Morgan fingerprint density at radius 3 is 2.24 bits per heavy atom. The molecule has 0 spiro atoms. The van der Waals surface area contributed by atoms with Crippen LogP contribution in [0.3, 0.4) is 0 Å². The molecule has 0 bridgehead atoms. The monoisotopic (exact) mass is 288 g/mol. The van der Waals surface area contributed by atoms with Crippen LogP contribution in [0.25, 0.3) is 0 Å². The van der Waals surface area contributed by atoms with Crippen molar-refractivity contribution in [1.29, 1.82) is 0 Å². The number of aryl methyl sites for hydroxylation is 3. The van der Waals surface area contributed by atoms with Crippen molar-refractivity contribution < 1.29 is 14.2 Å². The summed E-state index contributed by atoms with van der Waals surface area (Å²) in [5.74, 6) is 0.00964. The van der Waals surface area contributed by atoms with Crippen LogP contribution >= 0.6 is 0 Å². The van der Waals surface area contributed by atoms with Gasteiger partial charge in [0.1, 0.15) is 11.6 Å². The summed E-state index contributed by atoms with van der Waals surface area (Å²) in [6, 6.07) is 8.71. The van der Waals surface area contributed by atoms with Gasteiger partial charge in [0.15, 0.2) is 0 Å². The first-order chi connectivity index (χ1) is 9.92. The third kappa shape index (κ3) is 3.42. The van der Waals surface area contributed by atoms with Crippen molar-refractivity contribution in [1.82, 2.24) is 0 Å². The summed E-state index contributed by atoms with van der Waals surface area (Å²) < 4.78 is 19.0. The number of hydrogen-bond acceptors (Lipinski definition) is 2. The number of aliphatic hydroxyl groups is 1. The predicted molar refractivity (Wildman–Crippen MR) is 82.3 cm³/mol. The molecule has 2 aromatic carbocycles. The highest BCUT2D eigenvalue weighted by Gasteiger charge is 2.16. The zero-order chi connectivity index (χ0) is 15.6. The van der Waals surface area contributed by atoms with Crippen LogP contribution in [0.1, 0.15) is 33.9 Å². The topological polar surface area (TPSA) is 29.5 Å². The Labute approximate surface area is 125 Å². The summed E-state index contributed by atoms with van der Waals surface area (Å²) in [5.41, 5.74) is 4.82. The fourth-order valence-corrected chi connectivity index (χ4v) is 2.74. The normalized spacial score (nSPS) is 12.3. The average Bonchev–Trinajstić information content (AvgIpc) is 2.42. The molecule has 2 nitrogen and oxygen atoms in total. The lowest BCUT2D eigenvalue weighted by Crippen LogP contribution is -2.07. The van der Waals surface area contributed by atoms with Gasteiger partial charge in [-0.05, 0) is 49.6 Å². The van der Waals surface area contributed by atoms with Gasteiger partial charge in [0, 0.05) is 18.1 Å². The lowest BCUT2D eigenvalue weighted by molar-refractivity contribution is 0.173. The van der Waals surface area contributed by atoms with Gasteiger partial charge in [-0.25, -0.2) is 4.39 Å². The maximum atomic E-state index is 14.0. The summed E-state index contributed by atoms with van der Waals surface area (Å²) in [5, 5.41) is 10.4. The molecule has 1 atom stereocenters. The first kappa shape index (κ1) is 15.5. The van der Waals surface area contributed by atoms with E-state index in [0.29, 0.717) is 17.7 Å². The highest BCUT2D eigenvalue weighted by molar-refractivity contribution is 5.39. The molecule has 0 aliphatic rings. The average molecular weight is 288 g/mol. The van der Waals surface area contributed by atoms with E-state index in [9.17, 15) is 9.50 Å². The van der Waals surface area contributed by atoms with Crippen molar-refractivity contribution in [3.05, 3.63) is 64.0 Å². The molecule has 2 rings (SSSR count). The van der Waals surface area contributed by atoms with Crippen LogP contribution in [0.2, 0.25) is 0 Å². The van der Waals surface area contributed by atoms with E-state index in [0.717, 1.165) is 16.7 Å². The van der Waals surface area contributed by atoms with Crippen LogP contribution in [0.5, 0.6) is 5.75 Å². The van der Waals surface area contributed by atoms with Gasteiger partial charge in [0.2, 0.25) is 0 Å². The summed E-state index contributed by atoms with van der Waals surface area (Å²) in [6.07, 6.45) is -0.461. The van der Waals surface area contributed by atoms with Crippen LogP contribution < -0.4 is 4.74 Å². The molecule has 112 valence electrons. The van der Waals surface area contributed by atoms with Crippen molar-refractivity contribution in [3.8, 4) is 5.75 Å². The maximum absolute atomic E-state index is 14.0. The number of rotatable bonds is 4. The second-order valence-electron chi connectivity index (χ2n) is 5.48. The Bertz CT molecular complexity index is 627. The van der Waals surface area contributed by atoms with Crippen LogP contribution in [0.15, 0.2) is 30.3 Å². The van der Waals surface area contributed by atoms with E-state index in [4.69, 9.17) is 4.74 Å². The number of ether oxygens (including phenoxy) is 1. The molecule has 0 saturated carbocycles. The van der Waals surface area contributed by atoms with E-state index in [1.54, 1.807) is 12.1 Å². The molecular weight excluding hydrogens is 267 g/mol. The van der Waals surface area contributed by atoms with E-state index in [-0.39, 0.29) is 0 Å². The summed E-state index contributed by atoms with van der Waals surface area (Å²) in [7, 11) is 1.49. The molecule has 0 aromatic heterocycles. The molecule has 0 aliphatic heterocycles. The highest BCUT2D eigenvalue weighted by Crippen LogP contribution is 2.27. The molecule has 0 fully saturated rings. The molecule has 0 heterocycles. The smallest absolute Gasteiger partial charge is 0.132 e. The van der Waals surface area contributed by atoms with Crippen LogP contribution in [0.4, 0.5) is 4.39 Å². The van der Waals surface area contributed by atoms with Gasteiger partial charge in [-0.15, -0.1) is 0 Å². The maximum Gasteiger partial charge on any atom is 0.132 e. The van der Waals surface area contributed by atoms with Crippen molar-refractivity contribution in [2.75, 3.05) is 7.11 Å². The van der Waals surface area contributed by atoms with Gasteiger partial charge < -0.3 is 9.84 Å². The van der Waals surface area contributed by atoms with Crippen molar-refractivity contribution >= 4 is 0 Å². The molecule has 1 N–H and O–H groups in total. The lowest BCUT2D eigenvalue weighted by Gasteiger charge is -2.17. The van der Waals surface area contributed by atoms with E-state index in [1.165, 1.54) is 18.7 Å². The standard InChI is InChI=1S/C18H21FO2/c1-11-7-12(2)16(13(3)8-11)10-18(20)15-6-5-14(21-4)9-17(15)19/h5-9,18,20H,10H2,1-4H3. The molecule has 0 amide bonds. The number of benzene rings is 2. The zero-order valence-corrected chi connectivity index (χ0v) is 12.9. The molecule has 0 aliphatic carbocycles. The van der Waals surface area contributed by atoms with Crippen molar-refractivity contribution in [2.24, 2.45) is 0 Å². The summed E-state index contributed by atoms with van der Waals surface area (Å²) in [6.45, 7) is 6.09.